The number of hydrogen-bond donors (Lipinski definition) is 3. The van der Waals surface area contributed by atoms with Crippen molar-refractivity contribution in [2.75, 3.05) is 5.32 Å². The maximum absolute atomic E-state index is 12.9. The van der Waals surface area contributed by atoms with E-state index < -0.39 is 5.82 Å². The number of carbonyl (C=O) groups excluding carboxylic acids is 1. The maximum atomic E-state index is 12.9. The van der Waals surface area contributed by atoms with Crippen molar-refractivity contribution in [2.45, 2.75) is 57.0 Å². The molecule has 0 aliphatic heterocycles. The summed E-state index contributed by atoms with van der Waals surface area (Å²) < 4.78 is 18.3. The molecule has 10 heteroatoms. The minimum Gasteiger partial charge on any atom is -0.483 e. The molecule has 2 aromatic rings. The molecule has 1 amide bonds. The van der Waals surface area contributed by atoms with Crippen LogP contribution in [0.15, 0.2) is 16.9 Å². The molecule has 2 aliphatic carbocycles. The Morgan fingerprint density at radius 1 is 1.21 bits per heavy atom. The first kappa shape index (κ1) is 19.7. The summed E-state index contributed by atoms with van der Waals surface area (Å²) >= 11 is 0. The number of anilines is 1. The molecule has 150 valence electrons. The van der Waals surface area contributed by atoms with Gasteiger partial charge in [-0.15, -0.1) is 0 Å². The summed E-state index contributed by atoms with van der Waals surface area (Å²) in [6.45, 7) is -0.250. The van der Waals surface area contributed by atoms with Crippen molar-refractivity contribution in [3.8, 4) is 0 Å². The summed E-state index contributed by atoms with van der Waals surface area (Å²) in [6, 6.07) is 0.292. The quantitative estimate of drug-likeness (QED) is 0.674. The number of hydrogen-bond acceptors (Lipinski definition) is 7. The summed E-state index contributed by atoms with van der Waals surface area (Å²) in [6.07, 6.45) is 8.73. The van der Waals surface area contributed by atoms with Crippen LogP contribution in [0.4, 0.5) is 10.3 Å². The van der Waals surface area contributed by atoms with E-state index in [1.54, 1.807) is 0 Å². The van der Waals surface area contributed by atoms with Crippen molar-refractivity contribution in [2.24, 2.45) is 0 Å². The third-order valence-corrected chi connectivity index (χ3v) is 4.90. The predicted octanol–water partition coefficient (Wildman–Crippen LogP) is 1.95. The fourth-order valence-electron chi connectivity index (χ4n) is 3.60. The first-order valence-corrected chi connectivity index (χ1v) is 9.21. The summed E-state index contributed by atoms with van der Waals surface area (Å²) in [5.41, 5.74) is 1.23. The van der Waals surface area contributed by atoms with E-state index in [-0.39, 0.29) is 24.5 Å². The molecule has 1 fully saturated rings. The molecule has 2 aliphatic rings. The molecule has 0 radical (unpaired) electrons. The number of amides is 1. The van der Waals surface area contributed by atoms with Gasteiger partial charge in [0.05, 0.1) is 12.4 Å². The van der Waals surface area contributed by atoms with Crippen molar-refractivity contribution >= 4 is 18.3 Å². The summed E-state index contributed by atoms with van der Waals surface area (Å²) in [5.74, 6) is 0.523. The molecule has 28 heavy (non-hydrogen) atoms. The topological polar surface area (TPSA) is 130 Å². The number of halogens is 1. The second-order valence-corrected chi connectivity index (χ2v) is 6.80. The Morgan fingerprint density at radius 2 is 1.89 bits per heavy atom. The summed E-state index contributed by atoms with van der Waals surface area (Å²) in [7, 11) is 0. The molecule has 1 unspecified atom stereocenters. The van der Waals surface area contributed by atoms with Gasteiger partial charge in [-0.3, -0.25) is 9.59 Å². The third kappa shape index (κ3) is 4.81. The van der Waals surface area contributed by atoms with Crippen molar-refractivity contribution in [3.05, 3.63) is 35.2 Å². The Balaban J connectivity index is 0.000000706. The molecule has 1 atom stereocenters. The van der Waals surface area contributed by atoms with E-state index in [0.717, 1.165) is 55.8 Å². The van der Waals surface area contributed by atoms with E-state index >= 15 is 0 Å². The molecule has 0 spiro atoms. The van der Waals surface area contributed by atoms with Crippen LogP contribution in [0.5, 0.6) is 0 Å². The SMILES string of the molecule is O=C(NC1CCCC1)c1noc2c1CC(Nc1ncc(F)cn1)CC2.O=CO. The minimum absolute atomic E-state index is 0.0513. The van der Waals surface area contributed by atoms with Gasteiger partial charge >= 0.3 is 0 Å². The Labute approximate surface area is 160 Å². The zero-order chi connectivity index (χ0) is 19.9. The van der Waals surface area contributed by atoms with Gasteiger partial charge in [-0.2, -0.15) is 0 Å². The van der Waals surface area contributed by atoms with Crippen LogP contribution in [-0.4, -0.2) is 44.7 Å². The van der Waals surface area contributed by atoms with Gasteiger partial charge in [-0.1, -0.05) is 18.0 Å². The van der Waals surface area contributed by atoms with Crippen LogP contribution in [0.25, 0.3) is 0 Å². The molecule has 4 rings (SSSR count). The molecule has 9 nitrogen and oxygen atoms in total. The number of nitrogens with one attached hydrogen (secondary N) is 2. The Hall–Kier alpha value is -3.04. The first-order chi connectivity index (χ1) is 13.6. The molecular formula is C18H22FN5O4. The van der Waals surface area contributed by atoms with Crippen LogP contribution in [-0.2, 0) is 17.6 Å². The average molecular weight is 391 g/mol. The van der Waals surface area contributed by atoms with Crippen LogP contribution in [0.3, 0.4) is 0 Å². The molecule has 2 aromatic heterocycles. The molecular weight excluding hydrogens is 369 g/mol. The van der Waals surface area contributed by atoms with Crippen LogP contribution in [0, 0.1) is 5.82 Å². The number of aryl methyl sites for hydroxylation is 1. The number of aromatic nitrogens is 3. The normalized spacial score (nSPS) is 18.5. The average Bonchev–Trinajstić information content (AvgIpc) is 3.33. The van der Waals surface area contributed by atoms with Gasteiger partial charge in [0.2, 0.25) is 5.95 Å². The van der Waals surface area contributed by atoms with Gasteiger partial charge in [0, 0.05) is 24.1 Å². The number of fused-ring (bicyclic) bond motifs is 1. The maximum Gasteiger partial charge on any atom is 0.290 e. The van der Waals surface area contributed by atoms with Crippen LogP contribution in [0.1, 0.15) is 53.9 Å². The van der Waals surface area contributed by atoms with Crippen molar-refractivity contribution in [1.29, 1.82) is 0 Å². The molecule has 3 N–H and O–H groups in total. The van der Waals surface area contributed by atoms with Crippen LogP contribution < -0.4 is 10.6 Å². The monoisotopic (exact) mass is 391 g/mol. The lowest BCUT2D eigenvalue weighted by Gasteiger charge is -2.22. The third-order valence-electron chi connectivity index (χ3n) is 4.90. The van der Waals surface area contributed by atoms with E-state index in [9.17, 15) is 9.18 Å². The van der Waals surface area contributed by atoms with E-state index in [1.807, 2.05) is 0 Å². The van der Waals surface area contributed by atoms with Gasteiger partial charge in [-0.25, -0.2) is 14.4 Å². The molecule has 0 aromatic carbocycles. The Bertz CT molecular complexity index is 805. The summed E-state index contributed by atoms with van der Waals surface area (Å²) in [4.78, 5) is 28.7. The Kier molecular flexibility index (Phi) is 6.51. The van der Waals surface area contributed by atoms with Crippen LogP contribution in [0.2, 0.25) is 0 Å². The number of nitrogens with zero attached hydrogens (tertiary/aromatic N) is 3. The molecule has 0 saturated heterocycles. The highest BCUT2D eigenvalue weighted by Gasteiger charge is 2.30. The molecule has 2 heterocycles. The number of carbonyl (C=O) groups is 2. The second-order valence-electron chi connectivity index (χ2n) is 6.80. The van der Waals surface area contributed by atoms with E-state index in [1.165, 1.54) is 0 Å². The standard InChI is InChI=1S/C17H20FN5O2.CH2O2/c18-10-8-19-17(20-9-10)22-12-5-6-14-13(7-12)15(23-25-14)16(24)21-11-3-1-2-4-11;2-1-3/h8-9,11-12H,1-7H2,(H,21,24)(H,19,20,22);1H,(H,2,3). The van der Waals surface area contributed by atoms with E-state index in [0.29, 0.717) is 24.5 Å². The van der Waals surface area contributed by atoms with Crippen molar-refractivity contribution < 1.29 is 23.6 Å². The first-order valence-electron chi connectivity index (χ1n) is 9.21. The highest BCUT2D eigenvalue weighted by atomic mass is 19.1. The van der Waals surface area contributed by atoms with Gasteiger partial charge in [-0.05, 0) is 25.7 Å². The Morgan fingerprint density at radius 3 is 2.57 bits per heavy atom. The lowest BCUT2D eigenvalue weighted by atomic mass is 9.92. The van der Waals surface area contributed by atoms with Gasteiger partial charge in [0.1, 0.15) is 5.76 Å². The van der Waals surface area contributed by atoms with Crippen molar-refractivity contribution in [3.63, 3.8) is 0 Å². The largest absolute Gasteiger partial charge is 0.483 e. The fourth-order valence-corrected chi connectivity index (χ4v) is 3.60. The highest BCUT2D eigenvalue weighted by molar-refractivity contribution is 5.94. The second kappa shape index (κ2) is 9.25. The van der Waals surface area contributed by atoms with E-state index in [4.69, 9.17) is 14.4 Å². The number of rotatable bonds is 4. The van der Waals surface area contributed by atoms with Gasteiger partial charge in [0.15, 0.2) is 11.5 Å². The zero-order valence-electron chi connectivity index (χ0n) is 15.2. The van der Waals surface area contributed by atoms with Crippen molar-refractivity contribution in [1.82, 2.24) is 20.4 Å². The zero-order valence-corrected chi connectivity index (χ0v) is 15.2. The lowest BCUT2D eigenvalue weighted by molar-refractivity contribution is -0.122. The fraction of sp³-hybridized carbons (Fsp3) is 0.500. The van der Waals surface area contributed by atoms with E-state index in [2.05, 4.69) is 25.8 Å². The highest BCUT2D eigenvalue weighted by Crippen LogP contribution is 2.26. The molecule has 1 saturated carbocycles. The predicted molar refractivity (Wildman–Crippen MR) is 96.3 cm³/mol. The van der Waals surface area contributed by atoms with Gasteiger partial charge in [0.25, 0.3) is 12.4 Å². The lowest BCUT2D eigenvalue weighted by Crippen LogP contribution is -2.34. The van der Waals surface area contributed by atoms with Crippen LogP contribution >= 0.6 is 0 Å². The number of carboxylic acid groups (broad SMARTS) is 1. The smallest absolute Gasteiger partial charge is 0.290 e. The molecule has 0 bridgehead atoms. The summed E-state index contributed by atoms with van der Waals surface area (Å²) in [5, 5.41) is 17.1. The van der Waals surface area contributed by atoms with Gasteiger partial charge < -0.3 is 20.3 Å². The minimum atomic E-state index is -0.471.